The first-order valence-corrected chi connectivity index (χ1v) is 7.78. The Kier molecular flexibility index (Phi) is 3.47. The second-order valence-corrected chi connectivity index (χ2v) is 5.65. The largest absolute Gasteiger partial charge is 0.455 e. The first kappa shape index (κ1) is 14.4. The van der Waals surface area contributed by atoms with Gasteiger partial charge in [-0.1, -0.05) is 60.7 Å². The number of nitrogens with zero attached hydrogens (tertiary/aromatic N) is 1. The van der Waals surface area contributed by atoms with E-state index < -0.39 is 0 Å². The van der Waals surface area contributed by atoms with Crippen LogP contribution in [0.2, 0.25) is 0 Å². The van der Waals surface area contributed by atoms with Crippen molar-refractivity contribution in [3.8, 4) is 11.1 Å². The molecule has 4 aromatic rings. The fraction of sp³-hybridized carbons (Fsp3) is 0.0476. The van der Waals surface area contributed by atoms with Crippen LogP contribution in [0.5, 0.6) is 0 Å². The van der Waals surface area contributed by atoms with Crippen LogP contribution >= 0.6 is 0 Å². The summed E-state index contributed by atoms with van der Waals surface area (Å²) >= 11 is 0. The molecule has 3 nitrogen and oxygen atoms in total. The van der Waals surface area contributed by atoms with Gasteiger partial charge in [0.05, 0.1) is 0 Å². The van der Waals surface area contributed by atoms with Crippen molar-refractivity contribution in [3.05, 3.63) is 72.3 Å². The lowest BCUT2D eigenvalue weighted by molar-refractivity contribution is -0.115. The summed E-state index contributed by atoms with van der Waals surface area (Å²) in [5.74, 6) is -0.229. The van der Waals surface area contributed by atoms with Crippen LogP contribution in [-0.4, -0.2) is 12.1 Å². The first-order valence-electron chi connectivity index (χ1n) is 7.78. The topological polar surface area (TPSA) is 42.6 Å². The highest BCUT2D eigenvalue weighted by molar-refractivity contribution is 6.13. The smallest absolute Gasteiger partial charge is 0.242 e. The van der Waals surface area contributed by atoms with Gasteiger partial charge < -0.3 is 4.42 Å². The van der Waals surface area contributed by atoms with E-state index in [9.17, 15) is 4.79 Å². The van der Waals surface area contributed by atoms with E-state index in [-0.39, 0.29) is 5.91 Å². The second kappa shape index (κ2) is 5.78. The molecule has 1 amide bonds. The summed E-state index contributed by atoms with van der Waals surface area (Å²) in [5, 5.41) is 2.08. The molecule has 4 rings (SSSR count). The average Bonchev–Trinajstić information content (AvgIpc) is 3.00. The molecule has 116 valence electrons. The predicted octanol–water partition coefficient (Wildman–Crippen LogP) is 5.22. The SMILES string of the molecule is CC(=O)N=Cc1cccc2c1oc1c(-c3ccccc3)cccc12. The number of furan rings is 1. The average molecular weight is 313 g/mol. The molecule has 3 aromatic carbocycles. The van der Waals surface area contributed by atoms with Gasteiger partial charge in [-0.15, -0.1) is 0 Å². The molecule has 0 atom stereocenters. The van der Waals surface area contributed by atoms with Crippen molar-refractivity contribution in [2.45, 2.75) is 6.92 Å². The van der Waals surface area contributed by atoms with Gasteiger partial charge in [0, 0.05) is 35.0 Å². The molecule has 1 aromatic heterocycles. The van der Waals surface area contributed by atoms with Gasteiger partial charge in [-0.3, -0.25) is 4.79 Å². The van der Waals surface area contributed by atoms with Gasteiger partial charge >= 0.3 is 0 Å². The monoisotopic (exact) mass is 313 g/mol. The van der Waals surface area contributed by atoms with Crippen LogP contribution < -0.4 is 0 Å². The highest BCUT2D eigenvalue weighted by atomic mass is 16.3. The third-order valence-corrected chi connectivity index (χ3v) is 4.03. The minimum atomic E-state index is -0.229. The number of carbonyl (C=O) groups is 1. The fourth-order valence-corrected chi connectivity index (χ4v) is 2.95. The maximum absolute atomic E-state index is 11.1. The maximum atomic E-state index is 11.1. The molecular weight excluding hydrogens is 298 g/mol. The van der Waals surface area contributed by atoms with Crippen LogP contribution in [0.4, 0.5) is 0 Å². The molecule has 0 aliphatic rings. The Hall–Kier alpha value is -3.20. The second-order valence-electron chi connectivity index (χ2n) is 5.65. The van der Waals surface area contributed by atoms with Gasteiger partial charge in [-0.25, -0.2) is 4.99 Å². The van der Waals surface area contributed by atoms with Gasteiger partial charge in [-0.2, -0.15) is 0 Å². The first-order chi connectivity index (χ1) is 11.7. The van der Waals surface area contributed by atoms with E-state index in [1.165, 1.54) is 6.92 Å². The summed E-state index contributed by atoms with van der Waals surface area (Å²) in [6.45, 7) is 1.43. The molecule has 3 heteroatoms. The van der Waals surface area contributed by atoms with Crippen molar-refractivity contribution in [1.82, 2.24) is 0 Å². The van der Waals surface area contributed by atoms with Gasteiger partial charge in [0.2, 0.25) is 5.91 Å². The van der Waals surface area contributed by atoms with Gasteiger partial charge in [0.15, 0.2) is 0 Å². The summed E-state index contributed by atoms with van der Waals surface area (Å²) in [7, 11) is 0. The lowest BCUT2D eigenvalue weighted by atomic mass is 10.0. The Morgan fingerprint density at radius 3 is 2.33 bits per heavy atom. The number of hydrogen-bond acceptors (Lipinski definition) is 2. The van der Waals surface area contributed by atoms with Crippen LogP contribution in [0, 0.1) is 0 Å². The molecule has 24 heavy (non-hydrogen) atoms. The summed E-state index contributed by atoms with van der Waals surface area (Å²) in [4.78, 5) is 15.0. The third-order valence-electron chi connectivity index (χ3n) is 4.03. The van der Waals surface area contributed by atoms with Gasteiger partial charge in [0.25, 0.3) is 0 Å². The van der Waals surface area contributed by atoms with Gasteiger partial charge in [-0.05, 0) is 11.6 Å². The standard InChI is InChI=1S/C21H15NO2/c1-14(23)22-13-16-9-5-11-18-19-12-6-10-17(21(19)24-20(16)18)15-7-3-2-4-8-15/h2-13H,1H3. The number of para-hydroxylation sites is 2. The van der Waals surface area contributed by atoms with Crippen LogP contribution in [-0.2, 0) is 4.79 Å². The van der Waals surface area contributed by atoms with Crippen molar-refractivity contribution in [2.75, 3.05) is 0 Å². The Labute approximate surface area is 139 Å². The summed E-state index contributed by atoms with van der Waals surface area (Å²) in [5.41, 5.74) is 4.57. The van der Waals surface area contributed by atoms with Crippen molar-refractivity contribution in [3.63, 3.8) is 0 Å². The predicted molar refractivity (Wildman–Crippen MR) is 97.4 cm³/mol. The lowest BCUT2D eigenvalue weighted by Crippen LogP contribution is -1.87. The Morgan fingerprint density at radius 1 is 0.875 bits per heavy atom. The van der Waals surface area contributed by atoms with E-state index in [4.69, 9.17) is 4.42 Å². The highest BCUT2D eigenvalue weighted by Gasteiger charge is 2.13. The van der Waals surface area contributed by atoms with Crippen molar-refractivity contribution < 1.29 is 9.21 Å². The molecule has 0 saturated heterocycles. The highest BCUT2D eigenvalue weighted by Crippen LogP contribution is 2.36. The maximum Gasteiger partial charge on any atom is 0.242 e. The Morgan fingerprint density at radius 2 is 1.58 bits per heavy atom. The van der Waals surface area contributed by atoms with E-state index in [2.05, 4.69) is 29.3 Å². The third kappa shape index (κ3) is 2.40. The van der Waals surface area contributed by atoms with Crippen molar-refractivity contribution in [1.29, 1.82) is 0 Å². The van der Waals surface area contributed by atoms with E-state index in [0.29, 0.717) is 0 Å². The number of rotatable bonds is 2. The number of amides is 1. The molecule has 0 bridgehead atoms. The minimum absolute atomic E-state index is 0.229. The Bertz CT molecular complexity index is 1080. The zero-order valence-electron chi connectivity index (χ0n) is 13.2. The molecule has 0 saturated carbocycles. The van der Waals surface area contributed by atoms with Gasteiger partial charge in [0.1, 0.15) is 11.2 Å². The number of fused-ring (bicyclic) bond motifs is 3. The number of carbonyl (C=O) groups excluding carboxylic acids is 1. The minimum Gasteiger partial charge on any atom is -0.455 e. The van der Waals surface area contributed by atoms with E-state index in [1.807, 2.05) is 42.5 Å². The number of hydrogen-bond donors (Lipinski definition) is 0. The molecule has 1 heterocycles. The lowest BCUT2D eigenvalue weighted by Gasteiger charge is -2.01. The number of aliphatic imine (C=N–C) groups is 1. The normalized spacial score (nSPS) is 11.5. The molecule has 0 fully saturated rings. The summed E-state index contributed by atoms with van der Waals surface area (Å²) < 4.78 is 6.20. The molecule has 0 N–H and O–H groups in total. The van der Waals surface area contributed by atoms with E-state index in [0.717, 1.165) is 38.6 Å². The van der Waals surface area contributed by atoms with E-state index >= 15 is 0 Å². The number of benzene rings is 3. The van der Waals surface area contributed by atoms with Crippen molar-refractivity contribution in [2.24, 2.45) is 4.99 Å². The molecule has 0 spiro atoms. The van der Waals surface area contributed by atoms with E-state index in [1.54, 1.807) is 6.21 Å². The zero-order valence-corrected chi connectivity index (χ0v) is 13.2. The summed E-state index contributed by atoms with van der Waals surface area (Å²) in [6.07, 6.45) is 1.56. The molecule has 0 radical (unpaired) electrons. The molecular formula is C21H15NO2. The van der Waals surface area contributed by atoms with Crippen LogP contribution in [0.3, 0.4) is 0 Å². The van der Waals surface area contributed by atoms with Crippen molar-refractivity contribution >= 4 is 34.1 Å². The van der Waals surface area contributed by atoms with Crippen LogP contribution in [0.25, 0.3) is 33.1 Å². The van der Waals surface area contributed by atoms with Crippen LogP contribution in [0.1, 0.15) is 12.5 Å². The van der Waals surface area contributed by atoms with Crippen LogP contribution in [0.15, 0.2) is 76.1 Å². The summed E-state index contributed by atoms with van der Waals surface area (Å²) in [6, 6.07) is 22.2. The fourth-order valence-electron chi connectivity index (χ4n) is 2.95. The molecule has 0 aliphatic carbocycles. The quantitative estimate of drug-likeness (QED) is 0.476. The molecule has 0 aliphatic heterocycles. The molecule has 0 unspecified atom stereocenters. The zero-order chi connectivity index (χ0) is 16.5. The Balaban J connectivity index is 2.01.